The van der Waals surface area contributed by atoms with Crippen LogP contribution in [0.5, 0.6) is 0 Å². The number of hydrogen-bond acceptors (Lipinski definition) is 3. The van der Waals surface area contributed by atoms with E-state index in [4.69, 9.17) is 4.98 Å². The summed E-state index contributed by atoms with van der Waals surface area (Å²) >= 11 is 0. The Kier molecular flexibility index (Phi) is 4.38. The van der Waals surface area contributed by atoms with Gasteiger partial charge in [-0.3, -0.25) is 18.3 Å². The maximum Gasteiger partial charge on any atom is 0.332 e. The Morgan fingerprint density at radius 3 is 2.53 bits per heavy atom. The molecule has 4 aromatic heterocycles. The number of aromatic nitrogens is 6. The van der Waals surface area contributed by atoms with Crippen molar-refractivity contribution in [3.8, 4) is 11.3 Å². The summed E-state index contributed by atoms with van der Waals surface area (Å²) in [4.78, 5) is 33.6. The molecule has 0 saturated carbocycles. The Morgan fingerprint density at radius 2 is 1.74 bits per heavy atom. The van der Waals surface area contributed by atoms with Crippen LogP contribution in [0.25, 0.3) is 39.1 Å². The SMILES string of the molecule is Cc1ccc(-c2cn3c4c(=O)n(C)c(=O)n(C)c4nc3n2CCc2c[nH]c3ccccc23)cc1. The van der Waals surface area contributed by atoms with Gasteiger partial charge in [0.05, 0.1) is 5.69 Å². The van der Waals surface area contributed by atoms with Crippen LogP contribution in [0.2, 0.25) is 0 Å². The lowest BCUT2D eigenvalue weighted by atomic mass is 10.1. The van der Waals surface area contributed by atoms with Crippen molar-refractivity contribution in [3.63, 3.8) is 0 Å². The van der Waals surface area contributed by atoms with E-state index in [-0.39, 0.29) is 11.2 Å². The molecule has 170 valence electrons. The van der Waals surface area contributed by atoms with Gasteiger partial charge in [0.25, 0.3) is 5.56 Å². The highest BCUT2D eigenvalue weighted by Crippen LogP contribution is 2.27. The Bertz CT molecular complexity index is 1830. The number of nitrogens with one attached hydrogen (secondary N) is 1. The highest BCUT2D eigenvalue weighted by atomic mass is 16.2. The minimum atomic E-state index is -0.387. The molecule has 8 heteroatoms. The summed E-state index contributed by atoms with van der Waals surface area (Å²) in [7, 11) is 3.14. The summed E-state index contributed by atoms with van der Waals surface area (Å²) in [5.74, 6) is 0.642. The number of fused-ring (bicyclic) bond motifs is 4. The molecule has 0 unspecified atom stereocenters. The third kappa shape index (κ3) is 2.88. The van der Waals surface area contributed by atoms with Crippen molar-refractivity contribution < 1.29 is 0 Å². The van der Waals surface area contributed by atoms with E-state index < -0.39 is 0 Å². The minimum absolute atomic E-state index is 0.352. The van der Waals surface area contributed by atoms with Gasteiger partial charge in [-0.15, -0.1) is 0 Å². The summed E-state index contributed by atoms with van der Waals surface area (Å²) in [6.07, 6.45) is 4.79. The molecule has 4 heterocycles. The number of hydrogen-bond donors (Lipinski definition) is 1. The first kappa shape index (κ1) is 20.3. The van der Waals surface area contributed by atoms with E-state index in [1.807, 2.05) is 22.7 Å². The predicted octanol–water partition coefficient (Wildman–Crippen LogP) is 3.39. The second-order valence-electron chi connectivity index (χ2n) is 8.80. The summed E-state index contributed by atoms with van der Waals surface area (Å²) in [5, 5.41) is 1.20. The lowest BCUT2D eigenvalue weighted by Crippen LogP contribution is -2.37. The molecule has 6 aromatic rings. The minimum Gasteiger partial charge on any atom is -0.361 e. The summed E-state index contributed by atoms with van der Waals surface area (Å²) in [5.41, 5.74) is 5.58. The maximum absolute atomic E-state index is 13.0. The lowest BCUT2D eigenvalue weighted by Gasteiger charge is -2.09. The van der Waals surface area contributed by atoms with Crippen molar-refractivity contribution in [2.24, 2.45) is 14.1 Å². The van der Waals surface area contributed by atoms with Crippen LogP contribution in [0.4, 0.5) is 0 Å². The molecule has 0 aliphatic rings. The van der Waals surface area contributed by atoms with Gasteiger partial charge < -0.3 is 9.55 Å². The first-order valence-corrected chi connectivity index (χ1v) is 11.2. The Morgan fingerprint density at radius 1 is 0.971 bits per heavy atom. The monoisotopic (exact) mass is 452 g/mol. The third-order valence-electron chi connectivity index (χ3n) is 6.68. The summed E-state index contributed by atoms with van der Waals surface area (Å²) < 4.78 is 6.52. The summed E-state index contributed by atoms with van der Waals surface area (Å²) in [6, 6.07) is 16.6. The fourth-order valence-corrected chi connectivity index (χ4v) is 4.76. The highest BCUT2D eigenvalue weighted by Gasteiger charge is 2.21. The molecule has 0 amide bonds. The predicted molar refractivity (Wildman–Crippen MR) is 133 cm³/mol. The van der Waals surface area contributed by atoms with Gasteiger partial charge in [-0.25, -0.2) is 4.79 Å². The average Bonchev–Trinajstić information content (AvgIpc) is 3.52. The van der Waals surface area contributed by atoms with E-state index in [0.29, 0.717) is 23.5 Å². The molecule has 0 spiro atoms. The van der Waals surface area contributed by atoms with Crippen LogP contribution in [-0.2, 0) is 27.1 Å². The fraction of sp³-hybridized carbons (Fsp3) is 0.192. The molecule has 0 radical (unpaired) electrons. The molecule has 8 nitrogen and oxygen atoms in total. The molecule has 0 bridgehead atoms. The van der Waals surface area contributed by atoms with Crippen LogP contribution in [0.3, 0.4) is 0 Å². The summed E-state index contributed by atoms with van der Waals surface area (Å²) in [6.45, 7) is 2.73. The van der Waals surface area contributed by atoms with Gasteiger partial charge in [-0.05, 0) is 30.5 Å². The topological polar surface area (TPSA) is 82.0 Å². The Balaban J connectivity index is 1.58. The second-order valence-corrected chi connectivity index (χ2v) is 8.80. The van der Waals surface area contributed by atoms with E-state index in [1.54, 1.807) is 7.05 Å². The molecule has 0 atom stereocenters. The van der Waals surface area contributed by atoms with E-state index in [2.05, 4.69) is 59.1 Å². The van der Waals surface area contributed by atoms with Gasteiger partial charge in [0.2, 0.25) is 5.78 Å². The molecule has 1 N–H and O–H groups in total. The van der Waals surface area contributed by atoms with Crippen molar-refractivity contribution in [1.82, 2.24) is 28.1 Å². The van der Waals surface area contributed by atoms with E-state index >= 15 is 0 Å². The van der Waals surface area contributed by atoms with Crippen LogP contribution >= 0.6 is 0 Å². The molecule has 0 saturated heterocycles. The number of H-pyrrole nitrogens is 1. The third-order valence-corrected chi connectivity index (χ3v) is 6.68. The fourth-order valence-electron chi connectivity index (χ4n) is 4.76. The van der Waals surface area contributed by atoms with Gasteiger partial charge in [0, 0.05) is 43.9 Å². The number of rotatable bonds is 4. The van der Waals surface area contributed by atoms with Crippen LogP contribution in [0, 0.1) is 6.92 Å². The zero-order valence-corrected chi connectivity index (χ0v) is 19.2. The molecule has 2 aromatic carbocycles. The largest absolute Gasteiger partial charge is 0.361 e. The van der Waals surface area contributed by atoms with Gasteiger partial charge >= 0.3 is 5.69 Å². The van der Waals surface area contributed by atoms with Crippen LogP contribution in [0.15, 0.2) is 70.5 Å². The van der Waals surface area contributed by atoms with Crippen molar-refractivity contribution in [1.29, 1.82) is 0 Å². The van der Waals surface area contributed by atoms with Crippen LogP contribution in [-0.4, -0.2) is 28.1 Å². The highest BCUT2D eigenvalue weighted by molar-refractivity contribution is 5.83. The quantitative estimate of drug-likeness (QED) is 0.445. The maximum atomic E-state index is 13.0. The molecular weight excluding hydrogens is 428 g/mol. The molecule has 6 rings (SSSR count). The zero-order chi connectivity index (χ0) is 23.6. The number of para-hydroxylation sites is 1. The average molecular weight is 453 g/mol. The Labute approximate surface area is 194 Å². The number of benzene rings is 2. The normalized spacial score (nSPS) is 11.9. The second kappa shape index (κ2) is 7.34. The molecule has 0 aliphatic carbocycles. The number of aryl methyl sites for hydroxylation is 4. The van der Waals surface area contributed by atoms with Gasteiger partial charge in [-0.2, -0.15) is 4.98 Å². The Hall–Kier alpha value is -4.33. The molecular formula is C26H24N6O2. The lowest BCUT2D eigenvalue weighted by molar-refractivity contribution is 0.706. The van der Waals surface area contributed by atoms with E-state index in [0.717, 1.165) is 27.8 Å². The first-order chi connectivity index (χ1) is 16.4. The number of aromatic amines is 1. The van der Waals surface area contributed by atoms with Crippen LogP contribution < -0.4 is 11.2 Å². The van der Waals surface area contributed by atoms with E-state index in [1.165, 1.54) is 28.1 Å². The standard InChI is InChI=1S/C26H24N6O2/c1-16-8-10-17(11-9-16)21-15-32-22-23(29(2)26(34)30(3)24(22)33)28-25(32)31(21)13-12-18-14-27-20-7-5-4-6-19(18)20/h4-11,14-15,27H,12-13H2,1-3H3. The van der Waals surface area contributed by atoms with Crippen molar-refractivity contribution in [2.75, 3.05) is 0 Å². The van der Waals surface area contributed by atoms with Crippen molar-refractivity contribution in [3.05, 3.63) is 92.9 Å². The van der Waals surface area contributed by atoms with Crippen molar-refractivity contribution >= 4 is 27.8 Å². The van der Waals surface area contributed by atoms with Gasteiger partial charge in [0.1, 0.15) is 0 Å². The van der Waals surface area contributed by atoms with Crippen LogP contribution in [0.1, 0.15) is 11.1 Å². The number of nitrogens with zero attached hydrogens (tertiary/aromatic N) is 5. The first-order valence-electron chi connectivity index (χ1n) is 11.2. The van der Waals surface area contributed by atoms with Gasteiger partial charge in [-0.1, -0.05) is 48.0 Å². The number of imidazole rings is 2. The van der Waals surface area contributed by atoms with Crippen molar-refractivity contribution in [2.45, 2.75) is 19.9 Å². The van der Waals surface area contributed by atoms with E-state index in [9.17, 15) is 9.59 Å². The zero-order valence-electron chi connectivity index (χ0n) is 19.2. The molecule has 34 heavy (non-hydrogen) atoms. The molecule has 0 aliphatic heterocycles. The smallest absolute Gasteiger partial charge is 0.332 e. The molecule has 0 fully saturated rings. The van der Waals surface area contributed by atoms with Gasteiger partial charge in [0.15, 0.2) is 11.2 Å².